The fourth-order valence-electron chi connectivity index (χ4n) is 2.41. The molecule has 0 bridgehead atoms. The zero-order chi connectivity index (χ0) is 23.8. The van der Waals surface area contributed by atoms with Gasteiger partial charge in [0.25, 0.3) is 0 Å². The lowest BCUT2D eigenvalue weighted by Crippen LogP contribution is -2.70. The van der Waals surface area contributed by atoms with Crippen LogP contribution in [-0.2, 0) is 0 Å². The summed E-state index contributed by atoms with van der Waals surface area (Å²) in [6, 6.07) is 0. The standard InChI is InChI=1S/C15H17F13N2/c1-2-3-5-29-7-8-30(9-29)6-4-10(16,17)11(18,19)12(20,21)13(22,23)14(24,25)15(26,27)28/h7-8H,2-6,9H2,1H3. The fraction of sp³-hybridized carbons (Fsp3) is 0.867. The van der Waals surface area contributed by atoms with Crippen LogP contribution in [0.25, 0.3) is 0 Å². The Morgan fingerprint density at radius 3 is 1.50 bits per heavy atom. The van der Waals surface area contributed by atoms with E-state index in [1.165, 1.54) is 11.1 Å². The molecule has 0 aliphatic carbocycles. The predicted octanol–water partition coefficient (Wildman–Crippen LogP) is 5.96. The second kappa shape index (κ2) is 8.17. The summed E-state index contributed by atoms with van der Waals surface area (Å²) in [5.74, 6) is -36.5. The van der Waals surface area contributed by atoms with Gasteiger partial charge in [0, 0.05) is 31.9 Å². The van der Waals surface area contributed by atoms with Gasteiger partial charge in [0.15, 0.2) is 0 Å². The van der Waals surface area contributed by atoms with E-state index in [0.717, 1.165) is 17.5 Å². The highest BCUT2D eigenvalue weighted by molar-refractivity contribution is 5.10. The van der Waals surface area contributed by atoms with Crippen LogP contribution in [0.15, 0.2) is 12.4 Å². The highest BCUT2D eigenvalue weighted by Crippen LogP contribution is 2.60. The molecule has 0 atom stereocenters. The van der Waals surface area contributed by atoms with Gasteiger partial charge in [-0.25, -0.2) is 0 Å². The lowest BCUT2D eigenvalue weighted by molar-refractivity contribution is -0.440. The van der Waals surface area contributed by atoms with Gasteiger partial charge in [-0.15, -0.1) is 0 Å². The quantitative estimate of drug-likeness (QED) is 0.362. The summed E-state index contributed by atoms with van der Waals surface area (Å²) in [6.07, 6.45) is -5.71. The molecule has 1 heterocycles. The normalized spacial score (nSPS) is 17.3. The second-order valence-electron chi connectivity index (χ2n) is 6.67. The van der Waals surface area contributed by atoms with Gasteiger partial charge in [0.05, 0.1) is 6.67 Å². The van der Waals surface area contributed by atoms with Crippen LogP contribution in [0.4, 0.5) is 57.1 Å². The summed E-state index contributed by atoms with van der Waals surface area (Å²) < 4.78 is 169. The Labute approximate surface area is 162 Å². The van der Waals surface area contributed by atoms with Crippen LogP contribution < -0.4 is 0 Å². The van der Waals surface area contributed by atoms with Crippen molar-refractivity contribution in [3.8, 4) is 0 Å². The maximum Gasteiger partial charge on any atom is 0.460 e. The van der Waals surface area contributed by atoms with E-state index in [0.29, 0.717) is 13.0 Å². The summed E-state index contributed by atoms with van der Waals surface area (Å²) in [7, 11) is 0. The molecule has 0 aromatic rings. The number of hydrogen-bond donors (Lipinski definition) is 0. The Bertz CT molecular complexity index is 612. The van der Waals surface area contributed by atoms with Gasteiger partial charge in [0.1, 0.15) is 0 Å². The minimum atomic E-state index is -7.85. The molecule has 0 radical (unpaired) electrons. The van der Waals surface area contributed by atoms with Gasteiger partial charge in [-0.3, -0.25) is 0 Å². The SMILES string of the molecule is CCCCN1C=CN(CCC(F)(F)C(F)(F)C(F)(F)C(F)(F)C(F)(F)C(F)(F)F)C1. The summed E-state index contributed by atoms with van der Waals surface area (Å²) in [5.41, 5.74) is 0. The zero-order valence-electron chi connectivity index (χ0n) is 15.2. The first-order valence-corrected chi connectivity index (χ1v) is 8.38. The van der Waals surface area contributed by atoms with Crippen LogP contribution in [0.1, 0.15) is 26.2 Å². The molecule has 0 aromatic heterocycles. The molecule has 0 saturated heterocycles. The molecule has 1 aliphatic rings. The van der Waals surface area contributed by atoms with E-state index in [1.54, 1.807) is 0 Å². The average Bonchev–Trinajstić information content (AvgIpc) is 3.04. The highest BCUT2D eigenvalue weighted by atomic mass is 19.4. The van der Waals surface area contributed by atoms with E-state index in [4.69, 9.17) is 0 Å². The van der Waals surface area contributed by atoms with Crippen LogP contribution in [0.3, 0.4) is 0 Å². The lowest BCUT2D eigenvalue weighted by atomic mass is 9.92. The molecule has 0 spiro atoms. The van der Waals surface area contributed by atoms with Crippen LogP contribution >= 0.6 is 0 Å². The zero-order valence-corrected chi connectivity index (χ0v) is 15.2. The Morgan fingerprint density at radius 2 is 1.07 bits per heavy atom. The smallest absolute Gasteiger partial charge is 0.359 e. The molecule has 0 amide bonds. The number of rotatable bonds is 10. The summed E-state index contributed by atoms with van der Waals surface area (Å²) >= 11 is 0. The molecule has 0 unspecified atom stereocenters. The van der Waals surface area contributed by atoms with Crippen LogP contribution in [0.5, 0.6) is 0 Å². The Kier molecular flexibility index (Phi) is 7.21. The first kappa shape index (κ1) is 26.5. The van der Waals surface area contributed by atoms with Gasteiger partial charge < -0.3 is 9.80 Å². The fourth-order valence-corrected chi connectivity index (χ4v) is 2.41. The van der Waals surface area contributed by atoms with Crippen LogP contribution in [-0.4, -0.2) is 65.3 Å². The molecular formula is C15H17F13N2. The molecule has 0 saturated carbocycles. The molecule has 0 fully saturated rings. The van der Waals surface area contributed by atoms with E-state index in [1.807, 2.05) is 6.92 Å². The molecule has 0 aromatic carbocycles. The van der Waals surface area contributed by atoms with Crippen molar-refractivity contribution >= 4 is 0 Å². The number of unbranched alkanes of at least 4 members (excludes halogenated alkanes) is 1. The Balaban J connectivity index is 3.00. The van der Waals surface area contributed by atoms with Gasteiger partial charge in [-0.05, 0) is 6.42 Å². The molecule has 1 aliphatic heterocycles. The monoisotopic (exact) mass is 472 g/mol. The third kappa shape index (κ3) is 4.39. The molecule has 2 nitrogen and oxygen atoms in total. The maximum absolute atomic E-state index is 13.7. The minimum Gasteiger partial charge on any atom is -0.359 e. The average molecular weight is 472 g/mol. The summed E-state index contributed by atoms with van der Waals surface area (Å²) in [5, 5.41) is 0. The van der Waals surface area contributed by atoms with Crippen molar-refractivity contribution in [2.24, 2.45) is 0 Å². The number of halogens is 13. The summed E-state index contributed by atoms with van der Waals surface area (Å²) in [4.78, 5) is 2.46. The maximum atomic E-state index is 13.7. The molecule has 15 heteroatoms. The molecule has 178 valence electrons. The Morgan fingerprint density at radius 1 is 0.633 bits per heavy atom. The number of nitrogens with zero attached hydrogens (tertiary/aromatic N) is 2. The molecule has 30 heavy (non-hydrogen) atoms. The van der Waals surface area contributed by atoms with Crippen LogP contribution in [0.2, 0.25) is 0 Å². The third-order valence-electron chi connectivity index (χ3n) is 4.36. The molecular weight excluding hydrogens is 455 g/mol. The van der Waals surface area contributed by atoms with Crippen molar-refractivity contribution in [1.82, 2.24) is 9.80 Å². The topological polar surface area (TPSA) is 6.48 Å². The van der Waals surface area contributed by atoms with Crippen molar-refractivity contribution in [3.63, 3.8) is 0 Å². The first-order valence-electron chi connectivity index (χ1n) is 8.38. The lowest BCUT2D eigenvalue weighted by Gasteiger charge is -2.40. The summed E-state index contributed by atoms with van der Waals surface area (Å²) in [6.45, 7) is 1.06. The van der Waals surface area contributed by atoms with Gasteiger partial charge in [0.2, 0.25) is 0 Å². The van der Waals surface area contributed by atoms with Crippen LogP contribution in [0, 0.1) is 0 Å². The third-order valence-corrected chi connectivity index (χ3v) is 4.36. The van der Waals surface area contributed by atoms with Crippen molar-refractivity contribution < 1.29 is 57.1 Å². The Hall–Kier alpha value is -1.57. The van der Waals surface area contributed by atoms with E-state index in [9.17, 15) is 57.1 Å². The predicted molar refractivity (Wildman–Crippen MR) is 77.7 cm³/mol. The number of alkyl halides is 13. The van der Waals surface area contributed by atoms with E-state index < -0.39 is 48.8 Å². The van der Waals surface area contributed by atoms with Gasteiger partial charge >= 0.3 is 35.8 Å². The van der Waals surface area contributed by atoms with E-state index in [2.05, 4.69) is 0 Å². The molecule has 0 N–H and O–H groups in total. The van der Waals surface area contributed by atoms with Crippen molar-refractivity contribution in [2.75, 3.05) is 19.8 Å². The minimum absolute atomic E-state index is 0.125. The van der Waals surface area contributed by atoms with Crippen molar-refractivity contribution in [2.45, 2.75) is 62.0 Å². The van der Waals surface area contributed by atoms with Crippen molar-refractivity contribution in [1.29, 1.82) is 0 Å². The van der Waals surface area contributed by atoms with E-state index >= 15 is 0 Å². The highest BCUT2D eigenvalue weighted by Gasteiger charge is 2.90. The first-order chi connectivity index (χ1) is 13.3. The largest absolute Gasteiger partial charge is 0.460 e. The van der Waals surface area contributed by atoms with Gasteiger partial charge in [-0.2, -0.15) is 57.1 Å². The van der Waals surface area contributed by atoms with Crippen molar-refractivity contribution in [3.05, 3.63) is 12.4 Å². The van der Waals surface area contributed by atoms with E-state index in [-0.39, 0.29) is 6.67 Å². The number of hydrogen-bond acceptors (Lipinski definition) is 2. The van der Waals surface area contributed by atoms with Gasteiger partial charge in [-0.1, -0.05) is 13.3 Å². The molecule has 1 rings (SSSR count). The second-order valence-corrected chi connectivity index (χ2v) is 6.67.